The van der Waals surface area contributed by atoms with E-state index in [0.29, 0.717) is 34.3 Å². The van der Waals surface area contributed by atoms with Crippen LogP contribution in [0.1, 0.15) is 27.4 Å². The van der Waals surface area contributed by atoms with Crippen LogP contribution in [0.5, 0.6) is 5.75 Å². The summed E-state index contributed by atoms with van der Waals surface area (Å²) in [6, 6.07) is 15.0. The Morgan fingerprint density at radius 2 is 1.91 bits per heavy atom. The fraction of sp³-hybridized carbons (Fsp3) is 0.120. The van der Waals surface area contributed by atoms with Crippen molar-refractivity contribution in [3.63, 3.8) is 0 Å². The molecule has 33 heavy (non-hydrogen) atoms. The van der Waals surface area contributed by atoms with E-state index in [2.05, 4.69) is 19.7 Å². The van der Waals surface area contributed by atoms with Gasteiger partial charge in [0.2, 0.25) is 11.5 Å². The minimum absolute atomic E-state index is 0.132. The van der Waals surface area contributed by atoms with Gasteiger partial charge in [0, 0.05) is 46.6 Å². The first-order valence-corrected chi connectivity index (χ1v) is 10.6. The highest BCUT2D eigenvalue weighted by Crippen LogP contribution is 2.32. The number of aromatic nitrogens is 4. The highest BCUT2D eigenvalue weighted by Gasteiger charge is 2.25. The molecule has 5 aromatic rings. The first-order chi connectivity index (χ1) is 16.0. The molecule has 3 aromatic heterocycles. The molecule has 0 fully saturated rings. The predicted molar refractivity (Wildman–Crippen MR) is 125 cm³/mol. The lowest BCUT2D eigenvalue weighted by Gasteiger charge is -2.09. The summed E-state index contributed by atoms with van der Waals surface area (Å²) < 4.78 is 12.9. The van der Waals surface area contributed by atoms with Crippen molar-refractivity contribution in [2.75, 3.05) is 7.11 Å². The molecular formula is C25H19ClN4O3. The summed E-state index contributed by atoms with van der Waals surface area (Å²) in [5, 5.41) is 5.48. The normalized spacial score (nSPS) is 11.1. The largest absolute Gasteiger partial charge is 0.497 e. The van der Waals surface area contributed by atoms with Gasteiger partial charge in [-0.1, -0.05) is 28.9 Å². The number of benzene rings is 2. The second-order valence-electron chi connectivity index (χ2n) is 7.55. The minimum Gasteiger partial charge on any atom is -0.497 e. The fourth-order valence-electron chi connectivity index (χ4n) is 3.91. The van der Waals surface area contributed by atoms with Crippen LogP contribution in [0.4, 0.5) is 0 Å². The van der Waals surface area contributed by atoms with Crippen molar-refractivity contribution in [3.05, 3.63) is 94.7 Å². The molecule has 0 unspecified atom stereocenters. The van der Waals surface area contributed by atoms with Crippen LogP contribution in [0.25, 0.3) is 22.3 Å². The average molecular weight is 459 g/mol. The van der Waals surface area contributed by atoms with E-state index < -0.39 is 0 Å². The quantitative estimate of drug-likeness (QED) is 0.319. The number of ether oxygens (including phenoxy) is 1. The Hall–Kier alpha value is -3.97. The SMILES string of the molecule is COc1ccc2c(c1)c(C(=O)c1cc(-c3cnccn3)no1)c(C)n2Cc1ccc(Cl)cc1. The molecule has 164 valence electrons. The van der Waals surface area contributed by atoms with Crippen LogP contribution in [0, 0.1) is 6.92 Å². The van der Waals surface area contributed by atoms with Crippen molar-refractivity contribution in [1.82, 2.24) is 19.7 Å². The first-order valence-electron chi connectivity index (χ1n) is 10.2. The molecule has 0 aliphatic rings. The molecule has 0 saturated carbocycles. The Kier molecular flexibility index (Phi) is 5.40. The van der Waals surface area contributed by atoms with Crippen LogP contribution in [-0.2, 0) is 6.54 Å². The molecule has 0 N–H and O–H groups in total. The Morgan fingerprint density at radius 1 is 1.09 bits per heavy atom. The van der Waals surface area contributed by atoms with Gasteiger partial charge in [0.15, 0.2) is 0 Å². The molecule has 0 amide bonds. The summed E-state index contributed by atoms with van der Waals surface area (Å²) in [6.07, 6.45) is 4.70. The van der Waals surface area contributed by atoms with E-state index >= 15 is 0 Å². The van der Waals surface area contributed by atoms with Gasteiger partial charge in [-0.25, -0.2) is 0 Å². The number of hydrogen-bond acceptors (Lipinski definition) is 6. The van der Waals surface area contributed by atoms with Crippen molar-refractivity contribution in [3.8, 4) is 17.1 Å². The fourth-order valence-corrected chi connectivity index (χ4v) is 4.03. The molecule has 0 bridgehead atoms. The van der Waals surface area contributed by atoms with E-state index in [1.807, 2.05) is 49.4 Å². The Balaban J connectivity index is 1.61. The molecule has 0 atom stereocenters. The van der Waals surface area contributed by atoms with Crippen molar-refractivity contribution in [2.45, 2.75) is 13.5 Å². The van der Waals surface area contributed by atoms with E-state index in [1.54, 1.807) is 31.8 Å². The summed E-state index contributed by atoms with van der Waals surface area (Å²) in [5.74, 6) is 0.536. The number of methoxy groups -OCH3 is 1. The van der Waals surface area contributed by atoms with E-state index in [-0.39, 0.29) is 11.5 Å². The molecule has 5 rings (SSSR count). The minimum atomic E-state index is -0.261. The third-order valence-electron chi connectivity index (χ3n) is 5.57. The zero-order valence-electron chi connectivity index (χ0n) is 17.9. The Morgan fingerprint density at radius 3 is 2.64 bits per heavy atom. The molecule has 2 aromatic carbocycles. The maximum absolute atomic E-state index is 13.6. The first kappa shape index (κ1) is 20.9. The lowest BCUT2D eigenvalue weighted by Crippen LogP contribution is -2.05. The van der Waals surface area contributed by atoms with Crippen LogP contribution in [0.3, 0.4) is 0 Å². The monoisotopic (exact) mass is 458 g/mol. The molecule has 0 radical (unpaired) electrons. The van der Waals surface area contributed by atoms with Gasteiger partial charge in [0.25, 0.3) is 0 Å². The summed E-state index contributed by atoms with van der Waals surface area (Å²) in [5.41, 5.74) is 4.32. The summed E-state index contributed by atoms with van der Waals surface area (Å²) in [6.45, 7) is 2.51. The third-order valence-corrected chi connectivity index (χ3v) is 5.82. The van der Waals surface area contributed by atoms with Crippen LogP contribution in [0.15, 0.2) is 71.6 Å². The summed E-state index contributed by atoms with van der Waals surface area (Å²) >= 11 is 6.04. The maximum atomic E-state index is 13.6. The number of halogens is 1. The number of rotatable bonds is 6. The van der Waals surface area contributed by atoms with Gasteiger partial charge in [-0.15, -0.1) is 0 Å². The smallest absolute Gasteiger partial charge is 0.233 e. The van der Waals surface area contributed by atoms with E-state index in [9.17, 15) is 4.79 Å². The molecule has 0 spiro atoms. The van der Waals surface area contributed by atoms with Crippen molar-refractivity contribution >= 4 is 28.3 Å². The standard InChI is InChI=1S/C25H19ClN4O3/c1-15-24(25(31)23-12-20(29-33-23)21-13-27-9-10-28-21)19-11-18(32-2)7-8-22(19)30(15)14-16-3-5-17(26)6-4-16/h3-13H,14H2,1-2H3. The predicted octanol–water partition coefficient (Wildman–Crippen LogP) is 5.34. The molecule has 0 saturated heterocycles. The zero-order valence-corrected chi connectivity index (χ0v) is 18.7. The molecule has 3 heterocycles. The second-order valence-corrected chi connectivity index (χ2v) is 7.99. The van der Waals surface area contributed by atoms with Crippen LogP contribution in [0.2, 0.25) is 5.02 Å². The summed E-state index contributed by atoms with van der Waals surface area (Å²) in [7, 11) is 1.60. The highest BCUT2D eigenvalue weighted by molar-refractivity contribution is 6.30. The maximum Gasteiger partial charge on any atom is 0.233 e. The van der Waals surface area contributed by atoms with Crippen LogP contribution < -0.4 is 4.74 Å². The second kappa shape index (κ2) is 8.52. The molecule has 0 aliphatic heterocycles. The number of nitrogens with zero attached hydrogens (tertiary/aromatic N) is 4. The van der Waals surface area contributed by atoms with Gasteiger partial charge in [0.05, 0.1) is 18.9 Å². The lowest BCUT2D eigenvalue weighted by molar-refractivity contribution is 0.100. The van der Waals surface area contributed by atoms with Crippen molar-refractivity contribution in [1.29, 1.82) is 0 Å². The highest BCUT2D eigenvalue weighted by atomic mass is 35.5. The number of hydrogen-bond donors (Lipinski definition) is 0. The Bertz CT molecular complexity index is 1460. The van der Waals surface area contributed by atoms with Gasteiger partial charge < -0.3 is 13.8 Å². The lowest BCUT2D eigenvalue weighted by atomic mass is 10.0. The summed E-state index contributed by atoms with van der Waals surface area (Å²) in [4.78, 5) is 21.9. The Labute approximate surface area is 194 Å². The van der Waals surface area contributed by atoms with Gasteiger partial charge in [-0.05, 0) is 42.8 Å². The van der Waals surface area contributed by atoms with Crippen molar-refractivity contribution < 1.29 is 14.1 Å². The molecule has 8 heteroatoms. The zero-order chi connectivity index (χ0) is 22.9. The molecule has 0 aliphatic carbocycles. The number of carbonyl (C=O) groups is 1. The third kappa shape index (κ3) is 3.87. The van der Waals surface area contributed by atoms with Gasteiger partial charge in [-0.3, -0.25) is 14.8 Å². The van der Waals surface area contributed by atoms with E-state index in [0.717, 1.165) is 22.2 Å². The molecule has 7 nitrogen and oxygen atoms in total. The van der Waals surface area contributed by atoms with Crippen molar-refractivity contribution in [2.24, 2.45) is 0 Å². The van der Waals surface area contributed by atoms with Gasteiger partial charge in [-0.2, -0.15) is 0 Å². The number of carbonyl (C=O) groups excluding carboxylic acids is 1. The van der Waals surface area contributed by atoms with Gasteiger partial charge in [0.1, 0.15) is 17.1 Å². The topological polar surface area (TPSA) is 83.0 Å². The average Bonchev–Trinajstić information content (AvgIpc) is 3.44. The number of ketones is 1. The van der Waals surface area contributed by atoms with Crippen LogP contribution in [-0.4, -0.2) is 32.6 Å². The number of fused-ring (bicyclic) bond motifs is 1. The van der Waals surface area contributed by atoms with E-state index in [4.69, 9.17) is 20.9 Å². The van der Waals surface area contributed by atoms with Crippen LogP contribution >= 0.6 is 11.6 Å². The molecular weight excluding hydrogens is 440 g/mol. The van der Waals surface area contributed by atoms with E-state index in [1.165, 1.54) is 0 Å². The van der Waals surface area contributed by atoms with Gasteiger partial charge >= 0.3 is 0 Å².